The summed E-state index contributed by atoms with van der Waals surface area (Å²) in [7, 11) is 3.96. The number of nitrogens with one attached hydrogen (secondary N) is 1. The van der Waals surface area contributed by atoms with Crippen molar-refractivity contribution in [1.29, 1.82) is 0 Å². The minimum atomic E-state index is 0.523. The average Bonchev–Trinajstić information content (AvgIpc) is 2.89. The number of hydrogen-bond donors (Lipinski definition) is 1. The summed E-state index contributed by atoms with van der Waals surface area (Å²) in [5, 5.41) is 3.51. The molecule has 2 aliphatic rings. The first-order chi connectivity index (χ1) is 10.2. The van der Waals surface area contributed by atoms with Gasteiger partial charge in [0.1, 0.15) is 5.82 Å². The van der Waals surface area contributed by atoms with E-state index in [-0.39, 0.29) is 0 Å². The lowest BCUT2D eigenvalue weighted by Crippen LogP contribution is -2.32. The summed E-state index contributed by atoms with van der Waals surface area (Å²) in [6, 6.07) is 4.52. The van der Waals surface area contributed by atoms with Gasteiger partial charge in [-0.25, -0.2) is 15.0 Å². The van der Waals surface area contributed by atoms with E-state index >= 15 is 0 Å². The van der Waals surface area contributed by atoms with Crippen LogP contribution in [-0.2, 0) is 0 Å². The number of aromatic nitrogens is 3. The predicted octanol–water partition coefficient (Wildman–Crippen LogP) is 1.61. The van der Waals surface area contributed by atoms with Crippen LogP contribution >= 0.6 is 0 Å². The van der Waals surface area contributed by atoms with E-state index in [0.29, 0.717) is 6.04 Å². The first-order valence-corrected chi connectivity index (χ1v) is 7.23. The van der Waals surface area contributed by atoms with E-state index in [2.05, 4.69) is 25.2 Å². The molecule has 1 saturated heterocycles. The van der Waals surface area contributed by atoms with Gasteiger partial charge in [-0.3, -0.25) is 0 Å². The Bertz CT molecular complexity index is 666. The molecule has 2 aromatic rings. The third kappa shape index (κ3) is 2.07. The van der Waals surface area contributed by atoms with Crippen molar-refractivity contribution in [2.75, 3.05) is 42.3 Å². The molecule has 108 valence electrons. The molecule has 0 aromatic carbocycles. The van der Waals surface area contributed by atoms with Crippen LogP contribution in [0.3, 0.4) is 0 Å². The van der Waals surface area contributed by atoms with E-state index < -0.39 is 0 Å². The van der Waals surface area contributed by atoms with Crippen molar-refractivity contribution in [3.8, 4) is 11.4 Å². The second-order valence-electron chi connectivity index (χ2n) is 5.80. The Morgan fingerprint density at radius 3 is 2.90 bits per heavy atom. The molecule has 2 aliphatic heterocycles. The number of nitrogens with zero attached hydrogens (tertiary/aromatic N) is 5. The average molecular weight is 282 g/mol. The Morgan fingerprint density at radius 1 is 1.24 bits per heavy atom. The second kappa shape index (κ2) is 4.58. The molecule has 2 bridgehead atoms. The Kier molecular flexibility index (Phi) is 2.70. The van der Waals surface area contributed by atoms with E-state index in [0.717, 1.165) is 41.8 Å². The number of fused-ring (bicyclic) bond motifs is 4. The molecule has 2 aromatic heterocycles. The van der Waals surface area contributed by atoms with Gasteiger partial charge in [0.15, 0.2) is 11.6 Å². The fourth-order valence-corrected chi connectivity index (χ4v) is 2.93. The van der Waals surface area contributed by atoms with E-state index in [1.165, 1.54) is 6.42 Å². The van der Waals surface area contributed by atoms with Gasteiger partial charge in [0.2, 0.25) is 0 Å². The van der Waals surface area contributed by atoms with Gasteiger partial charge in [0, 0.05) is 45.0 Å². The largest absolute Gasteiger partial charge is 0.365 e. The van der Waals surface area contributed by atoms with Gasteiger partial charge in [-0.1, -0.05) is 0 Å². The molecule has 4 rings (SSSR count). The third-order valence-corrected chi connectivity index (χ3v) is 4.10. The summed E-state index contributed by atoms with van der Waals surface area (Å²) in [5.74, 6) is 2.60. The lowest BCUT2D eigenvalue weighted by Gasteiger charge is -2.27. The number of pyridine rings is 1. The Labute approximate surface area is 123 Å². The molecular formula is C15H18N6. The van der Waals surface area contributed by atoms with Crippen LogP contribution in [0.25, 0.3) is 11.4 Å². The Balaban J connectivity index is 1.69. The summed E-state index contributed by atoms with van der Waals surface area (Å²) >= 11 is 0. The van der Waals surface area contributed by atoms with Gasteiger partial charge in [-0.2, -0.15) is 0 Å². The highest BCUT2D eigenvalue weighted by Gasteiger charge is 2.31. The van der Waals surface area contributed by atoms with Crippen molar-refractivity contribution >= 4 is 17.3 Å². The van der Waals surface area contributed by atoms with E-state index in [1.807, 2.05) is 43.5 Å². The van der Waals surface area contributed by atoms with Crippen molar-refractivity contribution in [3.63, 3.8) is 0 Å². The number of hydrogen-bond acceptors (Lipinski definition) is 6. The van der Waals surface area contributed by atoms with Gasteiger partial charge in [-0.05, 0) is 18.6 Å². The molecular weight excluding hydrogens is 264 g/mol. The van der Waals surface area contributed by atoms with Crippen molar-refractivity contribution < 1.29 is 0 Å². The molecule has 4 heterocycles. The molecule has 0 aliphatic carbocycles. The monoisotopic (exact) mass is 282 g/mol. The van der Waals surface area contributed by atoms with Crippen molar-refractivity contribution in [2.24, 2.45) is 0 Å². The molecule has 6 heteroatoms. The lowest BCUT2D eigenvalue weighted by molar-refractivity contribution is 0.786. The van der Waals surface area contributed by atoms with E-state index in [1.54, 1.807) is 0 Å². The molecule has 0 spiro atoms. The van der Waals surface area contributed by atoms with E-state index in [4.69, 9.17) is 0 Å². The number of anilines is 3. The zero-order valence-corrected chi connectivity index (χ0v) is 12.2. The Hall–Kier alpha value is -2.37. The van der Waals surface area contributed by atoms with Gasteiger partial charge in [-0.15, -0.1) is 0 Å². The first kappa shape index (κ1) is 12.4. The number of rotatable bonds is 2. The van der Waals surface area contributed by atoms with E-state index in [9.17, 15) is 0 Å². The minimum Gasteiger partial charge on any atom is -0.365 e. The fraction of sp³-hybridized carbons (Fsp3) is 0.400. The minimum absolute atomic E-state index is 0.523. The van der Waals surface area contributed by atoms with Gasteiger partial charge < -0.3 is 15.1 Å². The highest BCUT2D eigenvalue weighted by Crippen LogP contribution is 2.34. The van der Waals surface area contributed by atoms with Crippen LogP contribution in [0.1, 0.15) is 6.42 Å². The molecule has 6 nitrogen and oxygen atoms in total. The molecule has 0 amide bonds. The van der Waals surface area contributed by atoms with Crippen LogP contribution in [-0.4, -0.2) is 48.2 Å². The standard InChI is InChI=1S/C15H18N6/c1-20(2)13-4-3-10(7-16-13)14-17-8-12-15(19-14)18-11-5-6-21(12)9-11/h3-4,7-8,11H,5-6,9H2,1-2H3,(H,17,18,19). The van der Waals surface area contributed by atoms with Crippen LogP contribution in [0.15, 0.2) is 24.5 Å². The second-order valence-corrected chi connectivity index (χ2v) is 5.80. The molecule has 1 unspecified atom stereocenters. The summed E-state index contributed by atoms with van der Waals surface area (Å²) in [5.41, 5.74) is 2.06. The zero-order chi connectivity index (χ0) is 14.4. The smallest absolute Gasteiger partial charge is 0.163 e. The maximum atomic E-state index is 4.68. The third-order valence-electron chi connectivity index (χ3n) is 4.10. The molecule has 1 fully saturated rings. The quantitative estimate of drug-likeness (QED) is 0.903. The maximum Gasteiger partial charge on any atom is 0.163 e. The molecule has 0 radical (unpaired) electrons. The fourth-order valence-electron chi connectivity index (χ4n) is 2.93. The molecule has 1 N–H and O–H groups in total. The van der Waals surface area contributed by atoms with Crippen LogP contribution < -0.4 is 15.1 Å². The van der Waals surface area contributed by atoms with Crippen LogP contribution in [0.4, 0.5) is 17.3 Å². The van der Waals surface area contributed by atoms with Gasteiger partial charge in [0.05, 0.1) is 11.9 Å². The van der Waals surface area contributed by atoms with Crippen molar-refractivity contribution in [3.05, 3.63) is 24.5 Å². The highest BCUT2D eigenvalue weighted by atomic mass is 15.3. The Morgan fingerprint density at radius 2 is 2.14 bits per heavy atom. The predicted molar refractivity (Wildman–Crippen MR) is 83.8 cm³/mol. The topological polar surface area (TPSA) is 57.2 Å². The van der Waals surface area contributed by atoms with Crippen molar-refractivity contribution in [1.82, 2.24) is 15.0 Å². The van der Waals surface area contributed by atoms with Gasteiger partial charge >= 0.3 is 0 Å². The first-order valence-electron chi connectivity index (χ1n) is 7.23. The summed E-state index contributed by atoms with van der Waals surface area (Å²) in [4.78, 5) is 17.9. The SMILES string of the molecule is CN(C)c1ccc(-c2ncc3c(n2)NC2CCN3C2)cn1. The van der Waals surface area contributed by atoms with Crippen LogP contribution in [0.5, 0.6) is 0 Å². The zero-order valence-electron chi connectivity index (χ0n) is 12.2. The van der Waals surface area contributed by atoms with Crippen molar-refractivity contribution in [2.45, 2.75) is 12.5 Å². The molecule has 21 heavy (non-hydrogen) atoms. The normalized spacial score (nSPS) is 19.1. The lowest BCUT2D eigenvalue weighted by atomic mass is 10.2. The molecule has 0 saturated carbocycles. The summed E-state index contributed by atoms with van der Waals surface area (Å²) in [6.07, 6.45) is 4.92. The summed E-state index contributed by atoms with van der Waals surface area (Å²) in [6.45, 7) is 2.15. The van der Waals surface area contributed by atoms with Crippen LogP contribution in [0.2, 0.25) is 0 Å². The molecule has 1 atom stereocenters. The summed E-state index contributed by atoms with van der Waals surface area (Å²) < 4.78 is 0. The van der Waals surface area contributed by atoms with Gasteiger partial charge in [0.25, 0.3) is 0 Å². The van der Waals surface area contributed by atoms with Crippen LogP contribution in [0, 0.1) is 0 Å². The highest BCUT2D eigenvalue weighted by molar-refractivity contribution is 5.72. The maximum absolute atomic E-state index is 4.68.